The number of halogens is 4. The first-order chi connectivity index (χ1) is 12.6. The summed E-state index contributed by atoms with van der Waals surface area (Å²) in [6.45, 7) is 5.19. The third-order valence-corrected chi connectivity index (χ3v) is 4.64. The van der Waals surface area contributed by atoms with Crippen molar-refractivity contribution in [3.63, 3.8) is 0 Å². The molecule has 1 atom stereocenters. The first-order valence-corrected chi connectivity index (χ1v) is 9.30. The van der Waals surface area contributed by atoms with Gasteiger partial charge in [-0.25, -0.2) is 19.3 Å². The molecule has 0 aromatic carbocycles. The van der Waals surface area contributed by atoms with Crippen molar-refractivity contribution in [2.45, 2.75) is 71.9 Å². The van der Waals surface area contributed by atoms with Gasteiger partial charge in [-0.05, 0) is 31.6 Å². The zero-order valence-corrected chi connectivity index (χ0v) is 15.9. The second-order valence-corrected chi connectivity index (χ2v) is 7.47. The van der Waals surface area contributed by atoms with Gasteiger partial charge >= 0.3 is 6.18 Å². The lowest BCUT2D eigenvalue weighted by molar-refractivity contribution is -0.171. The zero-order valence-electron chi connectivity index (χ0n) is 15.9. The molecule has 1 aliphatic rings. The molecule has 150 valence electrons. The lowest BCUT2D eigenvalue weighted by Crippen LogP contribution is -2.21. The number of rotatable bonds is 7. The van der Waals surface area contributed by atoms with Crippen molar-refractivity contribution in [1.82, 2.24) is 15.0 Å². The van der Waals surface area contributed by atoms with E-state index in [1.807, 2.05) is 13.8 Å². The van der Waals surface area contributed by atoms with E-state index in [9.17, 15) is 22.4 Å². The SMILES string of the molecule is CC(C)CCc1nc(CC[C@H](C)C(F)(F)F)nc(C2=C(F)C(=O)CCC2)n1. The number of hydrogen-bond donors (Lipinski definition) is 0. The zero-order chi connectivity index (χ0) is 20.2. The Bertz CT molecular complexity index is 713. The highest BCUT2D eigenvalue weighted by Gasteiger charge is 2.35. The Morgan fingerprint density at radius 3 is 2.11 bits per heavy atom. The van der Waals surface area contributed by atoms with Crippen LogP contribution in [0.4, 0.5) is 17.6 Å². The Balaban J connectivity index is 2.31. The van der Waals surface area contributed by atoms with Gasteiger partial charge in [-0.15, -0.1) is 0 Å². The number of allylic oxidation sites excluding steroid dienone is 2. The number of carbonyl (C=O) groups excluding carboxylic acids is 1. The fraction of sp³-hybridized carbons (Fsp3) is 0.684. The molecular formula is C19H25F4N3O. The molecule has 0 fully saturated rings. The summed E-state index contributed by atoms with van der Waals surface area (Å²) in [7, 11) is 0. The number of alkyl halides is 3. The van der Waals surface area contributed by atoms with Crippen LogP contribution in [0.5, 0.6) is 0 Å². The highest BCUT2D eigenvalue weighted by Crippen LogP contribution is 2.31. The summed E-state index contributed by atoms with van der Waals surface area (Å²) in [5.74, 6) is -1.77. The predicted molar refractivity (Wildman–Crippen MR) is 93.4 cm³/mol. The van der Waals surface area contributed by atoms with E-state index >= 15 is 0 Å². The van der Waals surface area contributed by atoms with Crippen LogP contribution < -0.4 is 0 Å². The average molecular weight is 387 g/mol. The van der Waals surface area contributed by atoms with Crippen molar-refractivity contribution in [2.24, 2.45) is 11.8 Å². The minimum atomic E-state index is -4.28. The van der Waals surface area contributed by atoms with E-state index in [2.05, 4.69) is 15.0 Å². The monoisotopic (exact) mass is 387 g/mol. The van der Waals surface area contributed by atoms with Crippen molar-refractivity contribution in [3.8, 4) is 0 Å². The molecule has 0 radical (unpaired) electrons. The van der Waals surface area contributed by atoms with E-state index in [-0.39, 0.29) is 36.5 Å². The van der Waals surface area contributed by atoms with E-state index in [1.165, 1.54) is 0 Å². The average Bonchev–Trinajstić information content (AvgIpc) is 2.59. The normalized spacial score (nSPS) is 17.0. The number of carbonyl (C=O) groups is 1. The quantitative estimate of drug-likeness (QED) is 0.616. The Kier molecular flexibility index (Phi) is 7.06. The molecule has 0 bridgehead atoms. The van der Waals surface area contributed by atoms with Crippen molar-refractivity contribution >= 4 is 11.4 Å². The van der Waals surface area contributed by atoms with E-state index in [0.29, 0.717) is 31.0 Å². The van der Waals surface area contributed by atoms with Gasteiger partial charge in [0.1, 0.15) is 11.6 Å². The molecule has 0 aliphatic heterocycles. The van der Waals surface area contributed by atoms with Gasteiger partial charge in [0, 0.05) is 24.8 Å². The molecule has 0 N–H and O–H groups in total. The van der Waals surface area contributed by atoms with Crippen LogP contribution in [0, 0.1) is 11.8 Å². The molecule has 27 heavy (non-hydrogen) atoms. The highest BCUT2D eigenvalue weighted by atomic mass is 19.4. The van der Waals surface area contributed by atoms with Gasteiger partial charge in [0.2, 0.25) is 0 Å². The summed E-state index contributed by atoms with van der Waals surface area (Å²) >= 11 is 0. The second-order valence-electron chi connectivity index (χ2n) is 7.47. The summed E-state index contributed by atoms with van der Waals surface area (Å²) in [4.78, 5) is 24.4. The fourth-order valence-electron chi connectivity index (χ4n) is 2.78. The molecule has 4 nitrogen and oxygen atoms in total. The first kappa shape index (κ1) is 21.4. The molecule has 0 spiro atoms. The predicted octanol–water partition coefficient (Wildman–Crippen LogP) is 5.02. The van der Waals surface area contributed by atoms with Crippen LogP contribution in [0.25, 0.3) is 5.57 Å². The first-order valence-electron chi connectivity index (χ1n) is 9.30. The maximum atomic E-state index is 14.3. The van der Waals surface area contributed by atoms with E-state index < -0.39 is 23.7 Å². The molecule has 0 unspecified atom stereocenters. The molecule has 1 aliphatic carbocycles. The van der Waals surface area contributed by atoms with E-state index in [0.717, 1.165) is 13.3 Å². The van der Waals surface area contributed by atoms with Gasteiger partial charge < -0.3 is 0 Å². The Labute approximate surface area is 156 Å². The van der Waals surface area contributed by atoms with Gasteiger partial charge in [0.05, 0.1) is 5.92 Å². The maximum absolute atomic E-state index is 14.3. The topological polar surface area (TPSA) is 55.7 Å². The summed E-state index contributed by atoms with van der Waals surface area (Å²) in [5, 5.41) is 0. The number of nitrogens with zero attached hydrogens (tertiary/aromatic N) is 3. The molecule has 1 aromatic rings. The van der Waals surface area contributed by atoms with Crippen LogP contribution in [0.1, 0.15) is 70.3 Å². The molecule has 0 saturated carbocycles. The maximum Gasteiger partial charge on any atom is 0.391 e. The lowest BCUT2D eigenvalue weighted by atomic mass is 9.96. The molecule has 0 amide bonds. The summed E-state index contributed by atoms with van der Waals surface area (Å²) in [6, 6.07) is 0. The van der Waals surface area contributed by atoms with Crippen molar-refractivity contribution in [2.75, 3.05) is 0 Å². The number of ketones is 1. The molecule has 8 heteroatoms. The van der Waals surface area contributed by atoms with Crippen LogP contribution in [-0.2, 0) is 17.6 Å². The molecule has 1 heterocycles. The van der Waals surface area contributed by atoms with Crippen LogP contribution in [0.15, 0.2) is 5.83 Å². The van der Waals surface area contributed by atoms with Crippen molar-refractivity contribution < 1.29 is 22.4 Å². The Hall–Kier alpha value is -1.86. The van der Waals surface area contributed by atoms with E-state index in [4.69, 9.17) is 0 Å². The van der Waals surface area contributed by atoms with Crippen LogP contribution >= 0.6 is 0 Å². The summed E-state index contributed by atoms with van der Waals surface area (Å²) in [6.07, 6.45) is -2.10. The minimum Gasteiger partial charge on any atom is -0.292 e. The minimum absolute atomic E-state index is 0.0215. The van der Waals surface area contributed by atoms with Gasteiger partial charge in [-0.1, -0.05) is 20.8 Å². The van der Waals surface area contributed by atoms with Gasteiger partial charge in [0.15, 0.2) is 17.4 Å². The number of aryl methyl sites for hydroxylation is 2. The molecule has 1 aromatic heterocycles. The fourth-order valence-corrected chi connectivity index (χ4v) is 2.78. The largest absolute Gasteiger partial charge is 0.391 e. The third kappa shape index (κ3) is 6.07. The smallest absolute Gasteiger partial charge is 0.292 e. The van der Waals surface area contributed by atoms with Crippen LogP contribution in [0.3, 0.4) is 0 Å². The Morgan fingerprint density at radius 2 is 1.56 bits per heavy atom. The number of aromatic nitrogens is 3. The van der Waals surface area contributed by atoms with Crippen molar-refractivity contribution in [3.05, 3.63) is 23.3 Å². The van der Waals surface area contributed by atoms with Gasteiger partial charge in [-0.3, -0.25) is 4.79 Å². The molecule has 0 saturated heterocycles. The van der Waals surface area contributed by atoms with Crippen LogP contribution in [-0.4, -0.2) is 26.9 Å². The number of hydrogen-bond acceptors (Lipinski definition) is 4. The summed E-state index contributed by atoms with van der Waals surface area (Å²) in [5.41, 5.74) is 0.143. The van der Waals surface area contributed by atoms with E-state index in [1.54, 1.807) is 0 Å². The summed E-state index contributed by atoms with van der Waals surface area (Å²) < 4.78 is 52.5. The van der Waals surface area contributed by atoms with Gasteiger partial charge in [-0.2, -0.15) is 13.2 Å². The van der Waals surface area contributed by atoms with Crippen LogP contribution in [0.2, 0.25) is 0 Å². The Morgan fingerprint density at radius 1 is 0.963 bits per heavy atom. The third-order valence-electron chi connectivity index (χ3n) is 4.64. The van der Waals surface area contributed by atoms with Gasteiger partial charge in [0.25, 0.3) is 0 Å². The highest BCUT2D eigenvalue weighted by molar-refractivity contribution is 6.01. The lowest BCUT2D eigenvalue weighted by Gasteiger charge is -2.16. The second kappa shape index (κ2) is 8.89. The number of Topliss-reactive ketones (excluding diaryl/α,β-unsaturated/α-hetero) is 1. The standard InChI is InChI=1S/C19H25F4N3O/c1-11(2)7-9-15-24-16(10-8-12(3)19(21,22)23)26-18(25-15)13-5-4-6-14(27)17(13)20/h11-12H,4-10H2,1-3H3/t12-/m0/s1. The van der Waals surface area contributed by atoms with Crippen molar-refractivity contribution in [1.29, 1.82) is 0 Å². The molecule has 2 rings (SSSR count). The molecular weight excluding hydrogens is 362 g/mol.